The average molecular weight is 392 g/mol. The van der Waals surface area contributed by atoms with Crippen molar-refractivity contribution in [1.29, 1.82) is 0 Å². The summed E-state index contributed by atoms with van der Waals surface area (Å²) in [5.41, 5.74) is 2.36. The molecule has 0 spiro atoms. The Morgan fingerprint density at radius 3 is 2.72 bits per heavy atom. The van der Waals surface area contributed by atoms with Gasteiger partial charge in [0.15, 0.2) is 11.6 Å². The SMILES string of the molecule is Cc1ccc(NC(=O)[C@H]2CCCN2Cc2ncccn2)cc1-c1ncc(F)cn1. The highest BCUT2D eigenvalue weighted by Gasteiger charge is 2.31. The third-order valence-corrected chi connectivity index (χ3v) is 5.00. The molecule has 8 heteroatoms. The molecule has 3 aromatic rings. The van der Waals surface area contributed by atoms with Crippen LogP contribution in [0.2, 0.25) is 0 Å². The lowest BCUT2D eigenvalue weighted by Gasteiger charge is -2.23. The number of carbonyl (C=O) groups excluding carboxylic acids is 1. The lowest BCUT2D eigenvalue weighted by Crippen LogP contribution is -2.39. The highest BCUT2D eigenvalue weighted by Crippen LogP contribution is 2.25. The van der Waals surface area contributed by atoms with Crippen LogP contribution in [-0.4, -0.2) is 43.3 Å². The van der Waals surface area contributed by atoms with Crippen LogP contribution in [0.25, 0.3) is 11.4 Å². The molecule has 0 bridgehead atoms. The molecule has 1 fully saturated rings. The quantitative estimate of drug-likeness (QED) is 0.719. The van der Waals surface area contributed by atoms with Crippen LogP contribution < -0.4 is 5.32 Å². The van der Waals surface area contributed by atoms with Crippen molar-refractivity contribution in [2.24, 2.45) is 0 Å². The van der Waals surface area contributed by atoms with Gasteiger partial charge in [0.25, 0.3) is 0 Å². The first-order valence-corrected chi connectivity index (χ1v) is 9.49. The van der Waals surface area contributed by atoms with Crippen LogP contribution in [0.3, 0.4) is 0 Å². The summed E-state index contributed by atoms with van der Waals surface area (Å²) < 4.78 is 13.1. The van der Waals surface area contributed by atoms with E-state index < -0.39 is 5.82 Å². The number of nitrogens with zero attached hydrogens (tertiary/aromatic N) is 5. The Bertz CT molecular complexity index is 996. The van der Waals surface area contributed by atoms with Gasteiger partial charge >= 0.3 is 0 Å². The zero-order chi connectivity index (χ0) is 20.2. The molecule has 1 saturated heterocycles. The van der Waals surface area contributed by atoms with E-state index in [0.29, 0.717) is 23.9 Å². The normalized spacial score (nSPS) is 16.7. The van der Waals surface area contributed by atoms with Crippen LogP contribution >= 0.6 is 0 Å². The van der Waals surface area contributed by atoms with E-state index in [2.05, 4.69) is 30.2 Å². The van der Waals surface area contributed by atoms with E-state index in [4.69, 9.17) is 0 Å². The monoisotopic (exact) mass is 392 g/mol. The van der Waals surface area contributed by atoms with Crippen LogP contribution in [0.15, 0.2) is 49.1 Å². The Labute approximate surface area is 168 Å². The number of carbonyl (C=O) groups is 1. The zero-order valence-corrected chi connectivity index (χ0v) is 16.0. The lowest BCUT2D eigenvalue weighted by molar-refractivity contribution is -0.120. The molecular formula is C21H21FN6O. The second-order valence-electron chi connectivity index (χ2n) is 7.04. The van der Waals surface area contributed by atoms with Crippen molar-refractivity contribution in [3.8, 4) is 11.4 Å². The maximum Gasteiger partial charge on any atom is 0.241 e. The number of benzene rings is 1. The zero-order valence-electron chi connectivity index (χ0n) is 16.0. The fourth-order valence-electron chi connectivity index (χ4n) is 3.52. The minimum atomic E-state index is -0.486. The number of aromatic nitrogens is 4. The van der Waals surface area contributed by atoms with E-state index in [1.807, 2.05) is 25.1 Å². The Morgan fingerprint density at radius 1 is 1.21 bits per heavy atom. The fraction of sp³-hybridized carbons (Fsp3) is 0.286. The minimum absolute atomic E-state index is 0.0618. The van der Waals surface area contributed by atoms with Gasteiger partial charge in [0.05, 0.1) is 25.0 Å². The molecule has 1 aliphatic heterocycles. The van der Waals surface area contributed by atoms with Gasteiger partial charge in [-0.15, -0.1) is 0 Å². The number of anilines is 1. The number of hydrogen-bond acceptors (Lipinski definition) is 6. The second kappa shape index (κ2) is 8.40. The molecule has 1 aliphatic rings. The maximum absolute atomic E-state index is 13.1. The molecule has 2 aromatic heterocycles. The van der Waals surface area contributed by atoms with Crippen LogP contribution in [0.1, 0.15) is 24.2 Å². The number of amides is 1. The Morgan fingerprint density at radius 2 is 1.97 bits per heavy atom. The van der Waals surface area contributed by atoms with Crippen molar-refractivity contribution in [2.75, 3.05) is 11.9 Å². The van der Waals surface area contributed by atoms with Gasteiger partial charge in [-0.2, -0.15) is 0 Å². The molecule has 1 N–H and O–H groups in total. The van der Waals surface area contributed by atoms with Crippen LogP contribution in [-0.2, 0) is 11.3 Å². The van der Waals surface area contributed by atoms with Gasteiger partial charge in [0.1, 0.15) is 5.82 Å². The molecule has 0 saturated carbocycles. The average Bonchev–Trinajstić information content (AvgIpc) is 3.19. The molecule has 7 nitrogen and oxygen atoms in total. The topological polar surface area (TPSA) is 83.9 Å². The maximum atomic E-state index is 13.1. The first-order chi connectivity index (χ1) is 14.1. The summed E-state index contributed by atoms with van der Waals surface area (Å²) in [6.45, 7) is 3.30. The van der Waals surface area contributed by atoms with Gasteiger partial charge in [-0.25, -0.2) is 24.3 Å². The molecule has 1 aromatic carbocycles. The van der Waals surface area contributed by atoms with Crippen molar-refractivity contribution in [3.63, 3.8) is 0 Å². The van der Waals surface area contributed by atoms with E-state index in [9.17, 15) is 9.18 Å². The molecule has 3 heterocycles. The van der Waals surface area contributed by atoms with E-state index in [-0.39, 0.29) is 11.9 Å². The summed E-state index contributed by atoms with van der Waals surface area (Å²) in [6.07, 6.45) is 7.42. The summed E-state index contributed by atoms with van der Waals surface area (Å²) in [7, 11) is 0. The van der Waals surface area contributed by atoms with Crippen molar-refractivity contribution in [3.05, 3.63) is 66.3 Å². The lowest BCUT2D eigenvalue weighted by atomic mass is 10.1. The van der Waals surface area contributed by atoms with E-state index in [1.165, 1.54) is 0 Å². The predicted octanol–water partition coefficient (Wildman–Crippen LogP) is 2.98. The summed E-state index contributed by atoms with van der Waals surface area (Å²) in [6, 6.07) is 7.10. The van der Waals surface area contributed by atoms with Crippen molar-refractivity contribution in [1.82, 2.24) is 24.8 Å². The molecule has 0 aliphatic carbocycles. The first-order valence-electron chi connectivity index (χ1n) is 9.49. The standard InChI is InChI=1S/C21H21FN6O/c1-14-5-6-16(10-17(14)20-25-11-15(22)12-26-20)27-21(29)18-4-2-9-28(18)13-19-23-7-3-8-24-19/h3,5-8,10-12,18H,2,4,9,13H2,1H3,(H,27,29)/t18-/m1/s1. The molecule has 148 valence electrons. The second-order valence-corrected chi connectivity index (χ2v) is 7.04. The predicted molar refractivity (Wildman–Crippen MR) is 106 cm³/mol. The van der Waals surface area contributed by atoms with Crippen LogP contribution in [0.4, 0.5) is 10.1 Å². The summed E-state index contributed by atoms with van der Waals surface area (Å²) in [5, 5.41) is 3.00. The Kier molecular flexibility index (Phi) is 5.53. The van der Waals surface area contributed by atoms with Crippen molar-refractivity contribution < 1.29 is 9.18 Å². The largest absolute Gasteiger partial charge is 0.325 e. The van der Waals surface area contributed by atoms with Crippen molar-refractivity contribution in [2.45, 2.75) is 32.4 Å². The highest BCUT2D eigenvalue weighted by atomic mass is 19.1. The Hall–Kier alpha value is -3.26. The molecule has 4 rings (SSSR count). The van der Waals surface area contributed by atoms with E-state index in [1.54, 1.807) is 18.5 Å². The summed E-state index contributed by atoms with van der Waals surface area (Å²) in [4.78, 5) is 31.6. The summed E-state index contributed by atoms with van der Waals surface area (Å²) >= 11 is 0. The van der Waals surface area contributed by atoms with E-state index >= 15 is 0 Å². The van der Waals surface area contributed by atoms with Crippen LogP contribution in [0, 0.1) is 12.7 Å². The molecule has 29 heavy (non-hydrogen) atoms. The van der Waals surface area contributed by atoms with Crippen molar-refractivity contribution >= 4 is 11.6 Å². The molecule has 1 amide bonds. The van der Waals surface area contributed by atoms with Gasteiger partial charge in [0.2, 0.25) is 5.91 Å². The molecule has 0 radical (unpaired) electrons. The first kappa shape index (κ1) is 19.1. The van der Waals surface area contributed by atoms with E-state index in [0.717, 1.165) is 42.9 Å². The number of nitrogens with one attached hydrogen (secondary N) is 1. The van der Waals surface area contributed by atoms with Gasteiger partial charge in [-0.05, 0) is 50.1 Å². The summed E-state index contributed by atoms with van der Waals surface area (Å²) in [5.74, 6) is 0.579. The van der Waals surface area contributed by atoms with Gasteiger partial charge < -0.3 is 5.32 Å². The number of halogens is 1. The molecule has 1 atom stereocenters. The number of rotatable bonds is 5. The number of hydrogen-bond donors (Lipinski definition) is 1. The fourth-order valence-corrected chi connectivity index (χ4v) is 3.52. The number of likely N-dealkylation sites (tertiary alicyclic amines) is 1. The third kappa shape index (κ3) is 4.43. The van der Waals surface area contributed by atoms with Crippen LogP contribution in [0.5, 0.6) is 0 Å². The van der Waals surface area contributed by atoms with Gasteiger partial charge in [-0.1, -0.05) is 6.07 Å². The minimum Gasteiger partial charge on any atom is -0.325 e. The van der Waals surface area contributed by atoms with Gasteiger partial charge in [0, 0.05) is 23.6 Å². The molecule has 0 unspecified atom stereocenters. The highest BCUT2D eigenvalue weighted by molar-refractivity contribution is 5.95. The smallest absolute Gasteiger partial charge is 0.241 e. The number of aryl methyl sites for hydroxylation is 1. The van der Waals surface area contributed by atoms with Gasteiger partial charge in [-0.3, -0.25) is 9.69 Å². The Balaban J connectivity index is 1.49. The molecular weight excluding hydrogens is 371 g/mol. The third-order valence-electron chi connectivity index (χ3n) is 5.00.